The van der Waals surface area contributed by atoms with Crippen molar-refractivity contribution in [1.82, 2.24) is 19.9 Å². The molecule has 3 rings (SSSR count). The van der Waals surface area contributed by atoms with E-state index >= 15 is 0 Å². The van der Waals surface area contributed by atoms with Crippen molar-refractivity contribution in [3.63, 3.8) is 0 Å². The van der Waals surface area contributed by atoms with E-state index in [1.165, 1.54) is 19.3 Å². The second kappa shape index (κ2) is 5.71. The average molecular weight is 300 g/mol. The fourth-order valence-corrected chi connectivity index (χ4v) is 3.07. The van der Waals surface area contributed by atoms with Gasteiger partial charge in [0.1, 0.15) is 5.69 Å². The number of carbonyl (C=O) groups excluding carboxylic acids is 1. The minimum atomic E-state index is -0.104. The van der Waals surface area contributed by atoms with Crippen LogP contribution < -0.4 is 5.32 Å². The fraction of sp³-hybridized carbons (Fsp3) is 0.588. The number of nitrogens with one attached hydrogen (secondary N) is 1. The molecular formula is C17H24N4O. The number of hydrogen-bond acceptors (Lipinski definition) is 3. The summed E-state index contributed by atoms with van der Waals surface area (Å²) >= 11 is 0. The van der Waals surface area contributed by atoms with Crippen LogP contribution in [0.3, 0.4) is 0 Å². The van der Waals surface area contributed by atoms with Crippen LogP contribution in [0, 0.1) is 0 Å². The summed E-state index contributed by atoms with van der Waals surface area (Å²) in [7, 11) is 0. The lowest BCUT2D eigenvalue weighted by molar-refractivity contribution is 0.0922. The van der Waals surface area contributed by atoms with Gasteiger partial charge in [0.05, 0.1) is 11.9 Å². The molecule has 0 aromatic carbocycles. The zero-order chi connectivity index (χ0) is 15.7. The average Bonchev–Trinajstić information content (AvgIpc) is 2.94. The van der Waals surface area contributed by atoms with Gasteiger partial charge in [-0.15, -0.1) is 0 Å². The summed E-state index contributed by atoms with van der Waals surface area (Å²) in [6, 6.07) is 4.01. The van der Waals surface area contributed by atoms with Gasteiger partial charge in [-0.2, -0.15) is 5.10 Å². The highest BCUT2D eigenvalue weighted by atomic mass is 16.1. The van der Waals surface area contributed by atoms with Gasteiger partial charge in [0.15, 0.2) is 5.65 Å². The zero-order valence-corrected chi connectivity index (χ0v) is 13.6. The van der Waals surface area contributed by atoms with Crippen LogP contribution in [0.25, 0.3) is 5.65 Å². The van der Waals surface area contributed by atoms with E-state index in [9.17, 15) is 4.79 Å². The van der Waals surface area contributed by atoms with Crippen molar-refractivity contribution in [3.05, 3.63) is 29.7 Å². The zero-order valence-electron chi connectivity index (χ0n) is 13.6. The SMILES string of the molecule is CC(C)(C)c1cc(C(=O)NC2CCCCC2)nc2ccnn12. The van der Waals surface area contributed by atoms with E-state index in [4.69, 9.17) is 0 Å². The molecule has 5 heteroatoms. The van der Waals surface area contributed by atoms with E-state index in [0.717, 1.165) is 24.2 Å². The Kier molecular flexibility index (Phi) is 3.89. The maximum Gasteiger partial charge on any atom is 0.270 e. The van der Waals surface area contributed by atoms with E-state index in [0.29, 0.717) is 11.7 Å². The molecule has 0 aliphatic heterocycles. The van der Waals surface area contributed by atoms with Crippen LogP contribution in [0.5, 0.6) is 0 Å². The summed E-state index contributed by atoms with van der Waals surface area (Å²) in [5, 5.41) is 7.46. The van der Waals surface area contributed by atoms with Gasteiger partial charge in [0.2, 0.25) is 0 Å². The third kappa shape index (κ3) is 2.98. The van der Waals surface area contributed by atoms with Crippen molar-refractivity contribution in [1.29, 1.82) is 0 Å². The predicted octanol–water partition coefficient (Wildman–Crippen LogP) is 3.09. The summed E-state index contributed by atoms with van der Waals surface area (Å²) in [5.41, 5.74) is 2.11. The molecule has 118 valence electrons. The molecule has 1 aliphatic carbocycles. The molecule has 1 N–H and O–H groups in total. The second-order valence-electron chi connectivity index (χ2n) is 7.19. The molecule has 0 spiro atoms. The van der Waals surface area contributed by atoms with Gasteiger partial charge >= 0.3 is 0 Å². The van der Waals surface area contributed by atoms with Crippen molar-refractivity contribution in [2.75, 3.05) is 0 Å². The monoisotopic (exact) mass is 300 g/mol. The van der Waals surface area contributed by atoms with Crippen molar-refractivity contribution >= 4 is 11.6 Å². The first-order chi connectivity index (χ1) is 10.4. The Morgan fingerprint density at radius 1 is 1.27 bits per heavy atom. The Hall–Kier alpha value is -1.91. The first kappa shape index (κ1) is 15.0. The topological polar surface area (TPSA) is 59.3 Å². The molecule has 2 heterocycles. The molecular weight excluding hydrogens is 276 g/mol. The first-order valence-corrected chi connectivity index (χ1v) is 8.11. The third-order valence-corrected chi connectivity index (χ3v) is 4.30. The molecule has 2 aromatic rings. The van der Waals surface area contributed by atoms with Crippen molar-refractivity contribution < 1.29 is 4.79 Å². The lowest BCUT2D eigenvalue weighted by atomic mass is 9.91. The Morgan fingerprint density at radius 3 is 2.68 bits per heavy atom. The first-order valence-electron chi connectivity index (χ1n) is 8.11. The summed E-state index contributed by atoms with van der Waals surface area (Å²) in [6.07, 6.45) is 7.56. The standard InChI is InChI=1S/C17H24N4O/c1-17(2,3)14-11-13(20-15-9-10-18-21(14)15)16(22)19-12-7-5-4-6-8-12/h9-12H,4-8H2,1-3H3,(H,19,22). The van der Waals surface area contributed by atoms with Crippen LogP contribution >= 0.6 is 0 Å². The van der Waals surface area contributed by atoms with Crippen molar-refractivity contribution in [3.8, 4) is 0 Å². The molecule has 0 bridgehead atoms. The third-order valence-electron chi connectivity index (χ3n) is 4.30. The van der Waals surface area contributed by atoms with Gasteiger partial charge in [-0.3, -0.25) is 4.79 Å². The number of aromatic nitrogens is 3. The summed E-state index contributed by atoms with van der Waals surface area (Å²) in [6.45, 7) is 6.35. The minimum Gasteiger partial charge on any atom is -0.348 e. The molecule has 0 atom stereocenters. The van der Waals surface area contributed by atoms with Crippen LogP contribution in [-0.2, 0) is 5.41 Å². The van der Waals surface area contributed by atoms with Crippen molar-refractivity contribution in [2.24, 2.45) is 0 Å². The van der Waals surface area contributed by atoms with E-state index in [1.54, 1.807) is 6.20 Å². The van der Waals surface area contributed by atoms with Gasteiger partial charge in [-0.25, -0.2) is 9.50 Å². The van der Waals surface area contributed by atoms with E-state index in [1.807, 2.05) is 16.6 Å². The molecule has 1 fully saturated rings. The van der Waals surface area contributed by atoms with Crippen LogP contribution in [-0.4, -0.2) is 26.5 Å². The maximum absolute atomic E-state index is 12.6. The number of fused-ring (bicyclic) bond motifs is 1. The van der Waals surface area contributed by atoms with Gasteiger partial charge in [-0.05, 0) is 18.9 Å². The van der Waals surface area contributed by atoms with Crippen molar-refractivity contribution in [2.45, 2.75) is 64.3 Å². The summed E-state index contributed by atoms with van der Waals surface area (Å²) in [4.78, 5) is 17.0. The number of nitrogens with zero attached hydrogens (tertiary/aromatic N) is 3. The van der Waals surface area contributed by atoms with Gasteiger partial charge < -0.3 is 5.32 Å². The largest absolute Gasteiger partial charge is 0.348 e. The van der Waals surface area contributed by atoms with Crippen LogP contribution in [0.4, 0.5) is 0 Å². The summed E-state index contributed by atoms with van der Waals surface area (Å²) < 4.78 is 1.82. The Balaban J connectivity index is 1.91. The van der Waals surface area contributed by atoms with E-state index in [-0.39, 0.29) is 11.3 Å². The van der Waals surface area contributed by atoms with Gasteiger partial charge in [0, 0.05) is 17.5 Å². The van der Waals surface area contributed by atoms with Crippen LogP contribution in [0.15, 0.2) is 18.3 Å². The molecule has 0 saturated heterocycles. The molecule has 0 unspecified atom stereocenters. The Bertz CT molecular complexity index is 678. The number of hydrogen-bond donors (Lipinski definition) is 1. The quantitative estimate of drug-likeness (QED) is 0.927. The van der Waals surface area contributed by atoms with Crippen LogP contribution in [0.2, 0.25) is 0 Å². The molecule has 22 heavy (non-hydrogen) atoms. The molecule has 5 nitrogen and oxygen atoms in total. The predicted molar refractivity (Wildman–Crippen MR) is 86.0 cm³/mol. The Labute approximate surface area is 131 Å². The van der Waals surface area contributed by atoms with Crippen LogP contribution in [0.1, 0.15) is 69.1 Å². The van der Waals surface area contributed by atoms with E-state index in [2.05, 4.69) is 36.2 Å². The smallest absolute Gasteiger partial charge is 0.270 e. The van der Waals surface area contributed by atoms with Gasteiger partial charge in [-0.1, -0.05) is 40.0 Å². The van der Waals surface area contributed by atoms with Gasteiger partial charge in [0.25, 0.3) is 5.91 Å². The normalized spacial score (nSPS) is 16.9. The lowest BCUT2D eigenvalue weighted by Crippen LogP contribution is -2.37. The highest BCUT2D eigenvalue weighted by Gasteiger charge is 2.23. The Morgan fingerprint density at radius 2 is 2.00 bits per heavy atom. The molecule has 0 radical (unpaired) electrons. The number of rotatable bonds is 2. The maximum atomic E-state index is 12.6. The molecule has 1 saturated carbocycles. The minimum absolute atomic E-state index is 0.0684. The fourth-order valence-electron chi connectivity index (χ4n) is 3.07. The number of amides is 1. The van der Waals surface area contributed by atoms with E-state index < -0.39 is 0 Å². The lowest BCUT2D eigenvalue weighted by Gasteiger charge is -2.23. The second-order valence-corrected chi connectivity index (χ2v) is 7.19. The molecule has 2 aromatic heterocycles. The molecule has 1 aliphatic rings. The summed E-state index contributed by atoms with van der Waals surface area (Å²) in [5.74, 6) is -0.0684. The highest BCUT2D eigenvalue weighted by Crippen LogP contribution is 2.23. The molecule has 1 amide bonds. The number of carbonyl (C=O) groups is 1. The highest BCUT2D eigenvalue weighted by molar-refractivity contribution is 5.93.